The van der Waals surface area contributed by atoms with E-state index in [-0.39, 0.29) is 32.8 Å². The molecule has 1 heterocycles. The number of aromatic nitrogens is 3. The maximum Gasteiger partial charge on any atom is 0.397 e. The van der Waals surface area contributed by atoms with Gasteiger partial charge >= 0.3 is 10.4 Å². The summed E-state index contributed by atoms with van der Waals surface area (Å²) in [5.74, 6) is -0.618. The van der Waals surface area contributed by atoms with E-state index < -0.39 is 32.6 Å². The van der Waals surface area contributed by atoms with Gasteiger partial charge in [0, 0.05) is 11.1 Å². The number of anilines is 2. The zero-order chi connectivity index (χ0) is 28.4. The first kappa shape index (κ1) is 28.5. The summed E-state index contributed by atoms with van der Waals surface area (Å²) < 4.78 is 58.4. The highest BCUT2D eigenvalue weighted by Gasteiger charge is 2.17. The van der Waals surface area contributed by atoms with Gasteiger partial charge in [-0.15, -0.1) is 5.11 Å². The lowest BCUT2D eigenvalue weighted by Gasteiger charge is -2.10. The molecular weight excluding hydrogens is 595 g/mol. The predicted molar refractivity (Wildman–Crippen MR) is 144 cm³/mol. The minimum atomic E-state index is -4.74. The molecule has 0 aliphatic heterocycles. The van der Waals surface area contributed by atoms with Crippen molar-refractivity contribution in [2.75, 3.05) is 17.7 Å². The van der Waals surface area contributed by atoms with Gasteiger partial charge in [0.05, 0.1) is 22.9 Å². The van der Waals surface area contributed by atoms with Crippen LogP contribution in [0.3, 0.4) is 0 Å². The van der Waals surface area contributed by atoms with Crippen LogP contribution < -0.4 is 5.32 Å². The van der Waals surface area contributed by atoms with Gasteiger partial charge in [-0.3, -0.25) is 4.55 Å². The molecule has 4 rings (SSSR count). The number of halogens is 2. The molecule has 0 aliphatic rings. The van der Waals surface area contributed by atoms with Crippen molar-refractivity contribution in [2.24, 2.45) is 10.2 Å². The Labute approximate surface area is 232 Å². The van der Waals surface area contributed by atoms with Crippen LogP contribution in [0.2, 0.25) is 10.6 Å². The van der Waals surface area contributed by atoms with Gasteiger partial charge in [0.2, 0.25) is 16.5 Å². The summed E-state index contributed by atoms with van der Waals surface area (Å²) in [4.78, 5) is 11.5. The quantitative estimate of drug-likeness (QED) is 0.168. The minimum Gasteiger partial charge on any atom is -0.505 e. The molecule has 0 unspecified atom stereocenters. The SMILES string of the molecule is Cc1cc2cc(Nc3nc(Cl)nc(Cl)n3)ccc2c(O)c1N=Nc1ccc(S(=O)(=O)CCOS(=O)(=O)O)cc1. The lowest BCUT2D eigenvalue weighted by atomic mass is 10.0. The van der Waals surface area contributed by atoms with Crippen molar-refractivity contribution in [3.05, 3.63) is 64.7 Å². The normalized spacial score (nSPS) is 12.3. The number of fused-ring (bicyclic) bond motifs is 1. The van der Waals surface area contributed by atoms with Crippen LogP contribution in [0.5, 0.6) is 5.75 Å². The number of aryl methyl sites for hydroxylation is 1. The van der Waals surface area contributed by atoms with E-state index in [1.165, 1.54) is 24.3 Å². The lowest BCUT2D eigenvalue weighted by Crippen LogP contribution is -2.15. The number of benzene rings is 3. The van der Waals surface area contributed by atoms with Gasteiger partial charge in [-0.05, 0) is 89.6 Å². The molecule has 204 valence electrons. The van der Waals surface area contributed by atoms with Crippen molar-refractivity contribution < 1.29 is 30.7 Å². The first-order valence-corrected chi connectivity index (χ1v) is 14.5. The number of phenols is 1. The van der Waals surface area contributed by atoms with E-state index in [1.807, 2.05) is 0 Å². The van der Waals surface area contributed by atoms with Gasteiger partial charge in [-0.1, -0.05) is 0 Å². The van der Waals surface area contributed by atoms with Crippen LogP contribution in [0.15, 0.2) is 63.7 Å². The Morgan fingerprint density at radius 1 is 0.949 bits per heavy atom. The van der Waals surface area contributed by atoms with Gasteiger partial charge in [0.1, 0.15) is 5.69 Å². The van der Waals surface area contributed by atoms with Crippen molar-refractivity contribution in [3.63, 3.8) is 0 Å². The van der Waals surface area contributed by atoms with Gasteiger partial charge in [-0.2, -0.15) is 28.5 Å². The maximum absolute atomic E-state index is 12.3. The van der Waals surface area contributed by atoms with E-state index in [0.717, 1.165) is 0 Å². The summed E-state index contributed by atoms with van der Waals surface area (Å²) in [7, 11) is -8.61. The molecule has 1 aromatic heterocycles. The Morgan fingerprint density at radius 2 is 1.62 bits per heavy atom. The van der Waals surface area contributed by atoms with Gasteiger partial charge in [-0.25, -0.2) is 12.6 Å². The number of nitrogens with zero attached hydrogens (tertiary/aromatic N) is 5. The molecule has 0 aliphatic carbocycles. The topological polar surface area (TPSA) is 193 Å². The monoisotopic (exact) mass is 612 g/mol. The van der Waals surface area contributed by atoms with E-state index in [1.54, 1.807) is 31.2 Å². The zero-order valence-corrected chi connectivity index (χ0v) is 22.9. The van der Waals surface area contributed by atoms with E-state index >= 15 is 0 Å². The van der Waals surface area contributed by atoms with Crippen molar-refractivity contribution >= 4 is 77.2 Å². The number of azo groups is 1. The van der Waals surface area contributed by atoms with Crippen LogP contribution in [0.25, 0.3) is 10.8 Å². The molecule has 17 heteroatoms. The molecule has 3 N–H and O–H groups in total. The van der Waals surface area contributed by atoms with Crippen molar-refractivity contribution in [3.8, 4) is 5.75 Å². The fourth-order valence-corrected chi connectivity index (χ4v) is 5.28. The van der Waals surface area contributed by atoms with E-state index in [4.69, 9.17) is 27.8 Å². The summed E-state index contributed by atoms with van der Waals surface area (Å²) in [6.07, 6.45) is 0. The lowest BCUT2D eigenvalue weighted by molar-refractivity contribution is 0.284. The average Bonchev–Trinajstić information content (AvgIpc) is 2.82. The second-order valence-corrected chi connectivity index (χ2v) is 11.8. The predicted octanol–water partition coefficient (Wildman–Crippen LogP) is 5.10. The summed E-state index contributed by atoms with van der Waals surface area (Å²) in [6.45, 7) is 1.00. The van der Waals surface area contributed by atoms with Crippen molar-refractivity contribution in [2.45, 2.75) is 11.8 Å². The molecule has 0 spiro atoms. The Morgan fingerprint density at radius 3 is 2.26 bits per heavy atom. The number of rotatable bonds is 9. The Kier molecular flexibility index (Phi) is 8.29. The van der Waals surface area contributed by atoms with Crippen molar-refractivity contribution in [1.82, 2.24) is 15.0 Å². The molecule has 0 atom stereocenters. The molecule has 4 aromatic rings. The van der Waals surface area contributed by atoms with E-state index in [2.05, 4.69) is 34.7 Å². The van der Waals surface area contributed by atoms with Crippen LogP contribution in [-0.4, -0.2) is 53.8 Å². The first-order valence-electron chi connectivity index (χ1n) is 10.8. The number of aromatic hydroxyl groups is 1. The highest BCUT2D eigenvalue weighted by atomic mass is 35.5. The third kappa shape index (κ3) is 7.35. The summed E-state index contributed by atoms with van der Waals surface area (Å²) in [5.41, 5.74) is 1.74. The molecule has 13 nitrogen and oxygen atoms in total. The third-order valence-corrected chi connectivity index (χ3v) is 7.66. The second-order valence-electron chi connectivity index (χ2n) is 7.91. The summed E-state index contributed by atoms with van der Waals surface area (Å²) in [5, 5.41) is 23.1. The standard InChI is InChI=1S/C22H18Cl2N6O7S2/c1-12-10-13-11-15(25-22-27-20(23)26-21(24)28-22)4-7-17(13)19(31)18(12)30-29-14-2-5-16(6-3-14)38(32,33)9-8-37-39(34,35)36/h2-7,10-11,31H,8-9H2,1H3,(H,34,35,36)(H,25,26,27,28). The van der Waals surface area contributed by atoms with Crippen LogP contribution in [0.1, 0.15) is 5.56 Å². The summed E-state index contributed by atoms with van der Waals surface area (Å²) >= 11 is 11.6. The Balaban J connectivity index is 1.53. The van der Waals surface area contributed by atoms with Gasteiger partial charge in [0.25, 0.3) is 0 Å². The zero-order valence-electron chi connectivity index (χ0n) is 19.8. The largest absolute Gasteiger partial charge is 0.505 e. The molecular formula is C22H18Cl2N6O7S2. The van der Waals surface area contributed by atoms with Crippen molar-refractivity contribution in [1.29, 1.82) is 0 Å². The maximum atomic E-state index is 12.3. The van der Waals surface area contributed by atoms with Crippen LogP contribution in [-0.2, 0) is 24.4 Å². The number of hydrogen-bond donors (Lipinski definition) is 3. The molecule has 0 bridgehead atoms. The number of sulfone groups is 1. The smallest absolute Gasteiger partial charge is 0.397 e. The first-order chi connectivity index (χ1) is 18.3. The molecule has 39 heavy (non-hydrogen) atoms. The molecule has 0 fully saturated rings. The van der Waals surface area contributed by atoms with Gasteiger partial charge < -0.3 is 10.4 Å². The van der Waals surface area contributed by atoms with Crippen LogP contribution in [0, 0.1) is 6.92 Å². The highest BCUT2D eigenvalue weighted by Crippen LogP contribution is 2.40. The van der Waals surface area contributed by atoms with Crippen LogP contribution in [0.4, 0.5) is 23.0 Å². The van der Waals surface area contributed by atoms with E-state index in [0.29, 0.717) is 27.7 Å². The fraction of sp³-hybridized carbons (Fsp3) is 0.136. The number of phenolic OH excluding ortho intramolecular Hbond substituents is 1. The molecule has 0 saturated heterocycles. The minimum absolute atomic E-state index is 0.0664. The number of nitrogens with one attached hydrogen (secondary N) is 1. The average molecular weight is 613 g/mol. The third-order valence-electron chi connectivity index (χ3n) is 5.16. The fourth-order valence-electron chi connectivity index (χ4n) is 3.42. The van der Waals surface area contributed by atoms with Crippen LogP contribution >= 0.6 is 23.2 Å². The highest BCUT2D eigenvalue weighted by molar-refractivity contribution is 7.91. The molecule has 0 saturated carbocycles. The van der Waals surface area contributed by atoms with E-state index in [9.17, 15) is 21.9 Å². The number of hydrogen-bond acceptors (Lipinski definition) is 12. The van der Waals surface area contributed by atoms with Gasteiger partial charge in [0.15, 0.2) is 15.6 Å². The molecule has 0 radical (unpaired) electrons. The summed E-state index contributed by atoms with van der Waals surface area (Å²) in [6, 6.07) is 12.2. The Hall–Kier alpha value is -3.47. The molecule has 0 amide bonds. The Bertz CT molecular complexity index is 1780. The molecule has 3 aromatic carbocycles. The second kappa shape index (κ2) is 11.3.